The molecule has 0 N–H and O–H groups in total. The van der Waals surface area contributed by atoms with Gasteiger partial charge in [-0.15, -0.1) is 0 Å². The highest BCUT2D eigenvalue weighted by molar-refractivity contribution is 9.10. The number of rotatable bonds is 1. The third-order valence-electron chi connectivity index (χ3n) is 2.65. The lowest BCUT2D eigenvalue weighted by molar-refractivity contribution is 0.438. The highest BCUT2D eigenvalue weighted by Gasteiger charge is 2.15. The summed E-state index contributed by atoms with van der Waals surface area (Å²) >= 11 is 3.18. The monoisotopic (exact) mass is 257 g/mol. The Bertz CT molecular complexity index is 405. The van der Waals surface area contributed by atoms with Crippen molar-refractivity contribution in [3.05, 3.63) is 22.9 Å². The van der Waals surface area contributed by atoms with Crippen molar-refractivity contribution in [2.45, 2.75) is 19.8 Å². The Labute approximate surface area is 97.7 Å². The molecule has 1 saturated heterocycles. The fraction of sp³-hybridized carbons (Fsp3) is 0.545. The van der Waals surface area contributed by atoms with Crippen LogP contribution in [0.5, 0.6) is 0 Å². The van der Waals surface area contributed by atoms with Gasteiger partial charge in [0.2, 0.25) is 0 Å². The Hall–Kier alpha value is -0.570. The molecule has 1 aliphatic rings. The first-order valence-electron chi connectivity index (χ1n) is 6.39. The first-order valence-corrected chi connectivity index (χ1v) is 5.68. The van der Waals surface area contributed by atoms with Crippen LogP contribution in [0.4, 0.5) is 5.69 Å². The van der Waals surface area contributed by atoms with Crippen LogP contribution in [0.2, 0.25) is 0 Å². The average Bonchev–Trinajstić information content (AvgIpc) is 2.29. The van der Waals surface area contributed by atoms with Crippen molar-refractivity contribution in [3.63, 3.8) is 0 Å². The maximum absolute atomic E-state index is 7.97. The fourth-order valence-electron chi connectivity index (χ4n) is 1.68. The van der Waals surface area contributed by atoms with Crippen molar-refractivity contribution in [2.75, 3.05) is 18.0 Å². The van der Waals surface area contributed by atoms with Crippen LogP contribution in [-0.2, 0) is 0 Å². The molecule has 1 aromatic heterocycles. The lowest BCUT2D eigenvalue weighted by Crippen LogP contribution is -2.32. The smallest absolute Gasteiger partial charge is 0.108 e. The number of pyridine rings is 1. The second kappa shape index (κ2) is 4.30. The van der Waals surface area contributed by atoms with Crippen molar-refractivity contribution < 1.29 is 4.11 Å². The molecular weight excluding hydrogens is 240 g/mol. The number of nitrogens with zero attached hydrogens (tertiary/aromatic N) is 2. The van der Waals surface area contributed by atoms with Gasteiger partial charge in [-0.2, -0.15) is 0 Å². The molecule has 0 spiro atoms. The first-order chi connectivity index (χ1) is 8.00. The molecule has 0 bridgehead atoms. The van der Waals surface area contributed by atoms with E-state index in [1.54, 1.807) is 0 Å². The van der Waals surface area contributed by atoms with Crippen molar-refractivity contribution in [1.29, 1.82) is 0 Å². The molecule has 1 aliphatic heterocycles. The van der Waals surface area contributed by atoms with E-state index in [-0.39, 0.29) is 18.3 Å². The minimum atomic E-state index is -0.0681. The Kier molecular flexibility index (Phi) is 2.10. The average molecular weight is 258 g/mol. The van der Waals surface area contributed by atoms with Crippen LogP contribution in [0.25, 0.3) is 0 Å². The van der Waals surface area contributed by atoms with Gasteiger partial charge in [-0.1, -0.05) is 6.92 Å². The van der Waals surface area contributed by atoms with Crippen molar-refractivity contribution in [1.82, 2.24) is 4.98 Å². The summed E-state index contributed by atoms with van der Waals surface area (Å²) in [6, 6.07) is 0.285. The standard InChI is InChI=1S/C11H15BrN2/c1-9-3-6-14(7-4-9)10-2-5-13-11(12)8-10/h2,5,8-9H,3-4,6-7H2,1H3/i2D,5D,8D. The largest absolute Gasteiger partial charge is 0.371 e. The van der Waals surface area contributed by atoms with Gasteiger partial charge >= 0.3 is 0 Å². The van der Waals surface area contributed by atoms with E-state index >= 15 is 0 Å². The first kappa shape index (κ1) is 6.83. The maximum atomic E-state index is 7.97. The zero-order chi connectivity index (χ0) is 12.6. The number of hydrogen-bond donors (Lipinski definition) is 0. The second-order valence-corrected chi connectivity index (χ2v) is 4.53. The molecule has 1 aromatic rings. The van der Waals surface area contributed by atoms with Gasteiger partial charge in [0.05, 0.1) is 4.11 Å². The van der Waals surface area contributed by atoms with E-state index in [0.717, 1.165) is 25.9 Å². The van der Waals surface area contributed by atoms with E-state index in [1.165, 1.54) is 0 Å². The van der Waals surface area contributed by atoms with E-state index in [4.69, 9.17) is 4.11 Å². The van der Waals surface area contributed by atoms with Crippen molar-refractivity contribution in [3.8, 4) is 0 Å². The molecule has 3 heteroatoms. The third kappa shape index (κ3) is 2.27. The van der Waals surface area contributed by atoms with Gasteiger partial charge in [0.15, 0.2) is 0 Å². The normalized spacial score (nSPS) is 21.6. The van der Waals surface area contributed by atoms with Crippen LogP contribution in [0.15, 0.2) is 22.9 Å². The highest BCUT2D eigenvalue weighted by Crippen LogP contribution is 2.23. The summed E-state index contributed by atoms with van der Waals surface area (Å²) in [7, 11) is 0. The Morgan fingerprint density at radius 2 is 2.29 bits per heavy atom. The minimum Gasteiger partial charge on any atom is -0.371 e. The summed E-state index contributed by atoms with van der Waals surface area (Å²) in [5, 5.41) is 0. The summed E-state index contributed by atoms with van der Waals surface area (Å²) < 4.78 is 23.8. The summed E-state index contributed by atoms with van der Waals surface area (Å²) in [6.07, 6.45) is 2.08. The minimum absolute atomic E-state index is 0.0627. The van der Waals surface area contributed by atoms with E-state index in [2.05, 4.69) is 27.8 Å². The molecule has 14 heavy (non-hydrogen) atoms. The predicted octanol–water partition coefficient (Wildman–Crippen LogP) is 3.08. The van der Waals surface area contributed by atoms with E-state index < -0.39 is 0 Å². The van der Waals surface area contributed by atoms with Crippen LogP contribution >= 0.6 is 15.9 Å². The molecule has 2 heterocycles. The molecule has 2 nitrogen and oxygen atoms in total. The SMILES string of the molecule is [2H]c1nc(Br)c([2H])c(N2CCC(C)CC2)c1[2H]. The van der Waals surface area contributed by atoms with Gasteiger partial charge in [-0.05, 0) is 46.8 Å². The summed E-state index contributed by atoms with van der Waals surface area (Å²) in [6.45, 7) is 3.93. The van der Waals surface area contributed by atoms with Crippen molar-refractivity contribution in [2.24, 2.45) is 5.92 Å². The Balaban J connectivity index is 2.37. The lowest BCUT2D eigenvalue weighted by atomic mass is 9.99. The molecule has 76 valence electrons. The number of aromatic nitrogens is 1. The summed E-state index contributed by atoms with van der Waals surface area (Å²) in [4.78, 5) is 5.86. The van der Waals surface area contributed by atoms with Gasteiger partial charge in [-0.3, -0.25) is 0 Å². The van der Waals surface area contributed by atoms with Crippen LogP contribution < -0.4 is 4.90 Å². The predicted molar refractivity (Wildman–Crippen MR) is 62.5 cm³/mol. The van der Waals surface area contributed by atoms with Gasteiger partial charge in [-0.25, -0.2) is 4.98 Å². The number of halogens is 1. The number of hydrogen-bond acceptors (Lipinski definition) is 2. The maximum Gasteiger partial charge on any atom is 0.108 e. The topological polar surface area (TPSA) is 16.1 Å². The zero-order valence-electron chi connectivity index (χ0n) is 11.2. The van der Waals surface area contributed by atoms with E-state index in [1.807, 2.05) is 4.90 Å². The molecule has 0 atom stereocenters. The molecule has 1 fully saturated rings. The van der Waals surface area contributed by atoms with E-state index in [9.17, 15) is 0 Å². The van der Waals surface area contributed by atoms with Crippen LogP contribution in [0.1, 0.15) is 23.9 Å². The molecule has 0 aliphatic carbocycles. The third-order valence-corrected chi connectivity index (χ3v) is 3.03. The van der Waals surface area contributed by atoms with Gasteiger partial charge in [0.1, 0.15) is 4.60 Å². The summed E-state index contributed by atoms with van der Waals surface area (Å²) in [5.74, 6) is 0.704. The molecule has 0 amide bonds. The van der Waals surface area contributed by atoms with Crippen LogP contribution in [-0.4, -0.2) is 18.1 Å². The lowest BCUT2D eigenvalue weighted by Gasteiger charge is -2.32. The molecule has 2 rings (SSSR count). The Morgan fingerprint density at radius 3 is 3.00 bits per heavy atom. The fourth-order valence-corrected chi connectivity index (χ4v) is 1.95. The molecule has 0 radical (unpaired) electrons. The van der Waals surface area contributed by atoms with Gasteiger partial charge in [0, 0.05) is 24.9 Å². The Morgan fingerprint density at radius 1 is 1.57 bits per heavy atom. The highest BCUT2D eigenvalue weighted by atomic mass is 79.9. The molecular formula is C11H15BrN2. The van der Waals surface area contributed by atoms with Gasteiger partial charge < -0.3 is 4.90 Å². The second-order valence-electron chi connectivity index (χ2n) is 3.78. The quantitative estimate of drug-likeness (QED) is 0.719. The van der Waals surface area contributed by atoms with Crippen LogP contribution in [0.3, 0.4) is 0 Å². The van der Waals surface area contributed by atoms with Crippen molar-refractivity contribution >= 4 is 21.6 Å². The zero-order valence-corrected chi connectivity index (χ0v) is 9.76. The van der Waals surface area contributed by atoms with Crippen LogP contribution in [0, 0.1) is 5.92 Å². The number of piperidine rings is 1. The molecule has 0 aromatic carbocycles. The molecule has 0 unspecified atom stereocenters. The number of anilines is 1. The van der Waals surface area contributed by atoms with Gasteiger partial charge in [0.25, 0.3) is 0 Å². The summed E-state index contributed by atoms with van der Waals surface area (Å²) in [5.41, 5.74) is 0.545. The molecule has 0 saturated carbocycles. The van der Waals surface area contributed by atoms with E-state index in [0.29, 0.717) is 16.2 Å².